The van der Waals surface area contributed by atoms with Crippen LogP contribution in [-0.4, -0.2) is 11.7 Å². The van der Waals surface area contributed by atoms with Crippen molar-refractivity contribution in [2.45, 2.75) is 26.2 Å². The summed E-state index contributed by atoms with van der Waals surface area (Å²) in [6.07, 6.45) is 5.29. The van der Waals surface area contributed by atoms with Gasteiger partial charge in [-0.2, -0.15) is 0 Å². The molecule has 3 heteroatoms. The van der Waals surface area contributed by atoms with Crippen molar-refractivity contribution in [3.8, 4) is 0 Å². The fourth-order valence-corrected chi connectivity index (χ4v) is 0.895. The van der Waals surface area contributed by atoms with E-state index in [4.69, 9.17) is 0 Å². The van der Waals surface area contributed by atoms with Gasteiger partial charge in [0.25, 0.3) is 0 Å². The zero-order chi connectivity index (χ0) is 7.94. The topological polar surface area (TPSA) is 38.1 Å². The Labute approximate surface area is 66.8 Å². The van der Waals surface area contributed by atoms with E-state index in [0.29, 0.717) is 0 Å². The van der Waals surface area contributed by atoms with E-state index in [2.05, 4.69) is 21.9 Å². The van der Waals surface area contributed by atoms with Crippen LogP contribution in [0.2, 0.25) is 0 Å². The lowest BCUT2D eigenvalue weighted by molar-refractivity contribution is 0.422. The quantitative estimate of drug-likeness (QED) is 0.661. The van der Waals surface area contributed by atoms with Crippen LogP contribution in [0, 0.1) is 0 Å². The highest BCUT2D eigenvalue weighted by Crippen LogP contribution is 2.01. The highest BCUT2D eigenvalue weighted by Gasteiger charge is 1.92. The third-order valence-electron chi connectivity index (χ3n) is 1.52. The number of hydrogen-bond donors (Lipinski definition) is 1. The van der Waals surface area contributed by atoms with E-state index in [0.717, 1.165) is 12.4 Å². The second kappa shape index (κ2) is 4.77. The van der Waals surface area contributed by atoms with Crippen molar-refractivity contribution < 1.29 is 4.52 Å². The monoisotopic (exact) mass is 154 g/mol. The molecular formula is C8H14N2O. The third kappa shape index (κ3) is 3.07. The van der Waals surface area contributed by atoms with Crippen LogP contribution >= 0.6 is 0 Å². The second-order valence-corrected chi connectivity index (χ2v) is 2.52. The predicted octanol–water partition coefficient (Wildman–Crippen LogP) is 2.28. The number of anilines is 1. The molecule has 0 saturated carbocycles. The molecule has 0 radical (unpaired) electrons. The van der Waals surface area contributed by atoms with Crippen LogP contribution in [0.25, 0.3) is 0 Å². The first-order chi connectivity index (χ1) is 5.43. The van der Waals surface area contributed by atoms with Gasteiger partial charge in [-0.25, -0.2) is 0 Å². The van der Waals surface area contributed by atoms with Crippen molar-refractivity contribution in [2.24, 2.45) is 0 Å². The molecule has 0 aliphatic carbocycles. The molecule has 11 heavy (non-hydrogen) atoms. The van der Waals surface area contributed by atoms with Crippen LogP contribution in [0.1, 0.15) is 26.2 Å². The average molecular weight is 154 g/mol. The van der Waals surface area contributed by atoms with Crippen LogP contribution < -0.4 is 5.32 Å². The van der Waals surface area contributed by atoms with Crippen LogP contribution in [0.3, 0.4) is 0 Å². The van der Waals surface area contributed by atoms with E-state index >= 15 is 0 Å². The van der Waals surface area contributed by atoms with Crippen LogP contribution in [0.5, 0.6) is 0 Å². The van der Waals surface area contributed by atoms with Gasteiger partial charge in [0, 0.05) is 12.6 Å². The molecular weight excluding hydrogens is 140 g/mol. The van der Waals surface area contributed by atoms with Crippen molar-refractivity contribution in [3.05, 3.63) is 12.3 Å². The minimum atomic E-state index is 0.834. The minimum Gasteiger partial charge on any atom is -0.367 e. The molecule has 0 aliphatic heterocycles. The fourth-order valence-electron chi connectivity index (χ4n) is 0.895. The lowest BCUT2D eigenvalue weighted by atomic mass is 10.2. The maximum absolute atomic E-state index is 4.66. The molecule has 0 unspecified atom stereocenters. The molecule has 1 aromatic heterocycles. The first kappa shape index (κ1) is 8.11. The van der Waals surface area contributed by atoms with Gasteiger partial charge in [-0.3, -0.25) is 0 Å². The van der Waals surface area contributed by atoms with Gasteiger partial charge < -0.3 is 9.84 Å². The molecule has 1 heterocycles. The van der Waals surface area contributed by atoms with Gasteiger partial charge in [0.15, 0.2) is 5.82 Å². The summed E-state index contributed by atoms with van der Waals surface area (Å²) in [5.74, 6) is 0.834. The van der Waals surface area contributed by atoms with Crippen LogP contribution in [-0.2, 0) is 0 Å². The van der Waals surface area contributed by atoms with Gasteiger partial charge in [0.2, 0.25) is 0 Å². The number of rotatable bonds is 5. The lowest BCUT2D eigenvalue weighted by Gasteiger charge is -1.99. The van der Waals surface area contributed by atoms with Crippen molar-refractivity contribution in [1.29, 1.82) is 0 Å². The zero-order valence-corrected chi connectivity index (χ0v) is 6.84. The van der Waals surface area contributed by atoms with Gasteiger partial charge in [0.05, 0.1) is 0 Å². The van der Waals surface area contributed by atoms with E-state index in [1.165, 1.54) is 19.3 Å². The van der Waals surface area contributed by atoms with E-state index in [1.54, 1.807) is 6.26 Å². The first-order valence-corrected chi connectivity index (χ1v) is 4.07. The van der Waals surface area contributed by atoms with Gasteiger partial charge in [-0.05, 0) is 6.42 Å². The molecule has 1 N–H and O–H groups in total. The molecule has 62 valence electrons. The molecule has 1 rings (SSSR count). The summed E-state index contributed by atoms with van der Waals surface area (Å²) >= 11 is 0. The lowest BCUT2D eigenvalue weighted by Crippen LogP contribution is -2.00. The maximum Gasteiger partial charge on any atom is 0.169 e. The molecule has 0 saturated heterocycles. The first-order valence-electron chi connectivity index (χ1n) is 4.07. The van der Waals surface area contributed by atoms with E-state index in [-0.39, 0.29) is 0 Å². The fraction of sp³-hybridized carbons (Fsp3) is 0.625. The van der Waals surface area contributed by atoms with Gasteiger partial charge in [-0.1, -0.05) is 24.9 Å². The van der Waals surface area contributed by atoms with Crippen molar-refractivity contribution >= 4 is 5.82 Å². The summed E-state index contributed by atoms with van der Waals surface area (Å²) in [4.78, 5) is 0. The standard InChI is InChI=1S/C8H14N2O/c1-2-3-4-6-9-8-5-7-11-10-8/h5,7H,2-4,6H2,1H3,(H,9,10). The second-order valence-electron chi connectivity index (χ2n) is 2.52. The third-order valence-corrected chi connectivity index (χ3v) is 1.52. The number of aromatic nitrogens is 1. The maximum atomic E-state index is 4.66. The highest BCUT2D eigenvalue weighted by atomic mass is 16.5. The Hall–Kier alpha value is -0.990. The van der Waals surface area contributed by atoms with Crippen molar-refractivity contribution in [2.75, 3.05) is 11.9 Å². The normalized spacial score (nSPS) is 9.91. The Morgan fingerprint density at radius 3 is 3.09 bits per heavy atom. The summed E-state index contributed by atoms with van der Waals surface area (Å²) in [5, 5.41) is 6.88. The van der Waals surface area contributed by atoms with Crippen molar-refractivity contribution in [1.82, 2.24) is 5.16 Å². The van der Waals surface area contributed by atoms with E-state index in [9.17, 15) is 0 Å². The summed E-state index contributed by atoms with van der Waals surface area (Å²) in [6.45, 7) is 3.18. The molecule has 0 aliphatic rings. The van der Waals surface area contributed by atoms with Crippen molar-refractivity contribution in [3.63, 3.8) is 0 Å². The number of nitrogens with one attached hydrogen (secondary N) is 1. The van der Waals surface area contributed by atoms with Gasteiger partial charge in [-0.15, -0.1) is 0 Å². The molecule has 0 aromatic carbocycles. The summed E-state index contributed by atoms with van der Waals surface area (Å²) in [6, 6.07) is 1.83. The smallest absolute Gasteiger partial charge is 0.169 e. The summed E-state index contributed by atoms with van der Waals surface area (Å²) in [5.41, 5.74) is 0. The van der Waals surface area contributed by atoms with E-state index in [1.807, 2.05) is 6.07 Å². The van der Waals surface area contributed by atoms with Crippen LogP contribution in [0.4, 0.5) is 5.82 Å². The predicted molar refractivity (Wildman–Crippen MR) is 44.5 cm³/mol. The molecule has 0 amide bonds. The Morgan fingerprint density at radius 1 is 1.55 bits per heavy atom. The number of hydrogen-bond acceptors (Lipinski definition) is 3. The van der Waals surface area contributed by atoms with Gasteiger partial charge in [0.1, 0.15) is 6.26 Å². The summed E-state index contributed by atoms with van der Waals surface area (Å²) in [7, 11) is 0. The Kier molecular flexibility index (Phi) is 3.52. The zero-order valence-electron chi connectivity index (χ0n) is 6.84. The molecule has 0 spiro atoms. The largest absolute Gasteiger partial charge is 0.367 e. The number of nitrogens with zero attached hydrogens (tertiary/aromatic N) is 1. The average Bonchev–Trinajstić information content (AvgIpc) is 2.50. The molecule has 1 aromatic rings. The Balaban J connectivity index is 2.04. The van der Waals surface area contributed by atoms with Gasteiger partial charge >= 0.3 is 0 Å². The molecule has 3 nitrogen and oxygen atoms in total. The minimum absolute atomic E-state index is 0.834. The number of unbranched alkanes of at least 4 members (excludes halogenated alkanes) is 2. The SMILES string of the molecule is CCCCCNc1ccon1. The molecule has 0 fully saturated rings. The molecule has 0 bridgehead atoms. The Morgan fingerprint density at radius 2 is 2.45 bits per heavy atom. The van der Waals surface area contributed by atoms with E-state index < -0.39 is 0 Å². The van der Waals surface area contributed by atoms with Crippen LogP contribution in [0.15, 0.2) is 16.9 Å². The summed E-state index contributed by atoms with van der Waals surface area (Å²) < 4.78 is 4.66. The highest BCUT2D eigenvalue weighted by molar-refractivity contribution is 5.29. The Bertz CT molecular complexity index is 172. The molecule has 0 atom stereocenters.